The molecule has 0 radical (unpaired) electrons. The molecule has 0 N–H and O–H groups in total. The lowest BCUT2D eigenvalue weighted by Gasteiger charge is -2.43. The van der Waals surface area contributed by atoms with E-state index in [0.29, 0.717) is 0 Å². The number of alkyl halides is 16. The van der Waals surface area contributed by atoms with Gasteiger partial charge in [-0.15, -0.1) is 0 Å². The second kappa shape index (κ2) is 6.28. The van der Waals surface area contributed by atoms with Gasteiger partial charge in [-0.25, -0.2) is 8.78 Å². The van der Waals surface area contributed by atoms with Gasteiger partial charge in [0.05, 0.1) is 5.57 Å². The summed E-state index contributed by atoms with van der Waals surface area (Å²) >= 11 is 0. The number of hydrogen-bond acceptors (Lipinski definition) is 0. The highest BCUT2D eigenvalue weighted by molar-refractivity contribution is 5.37. The minimum atomic E-state index is -7.99. The molecule has 0 fully saturated rings. The van der Waals surface area contributed by atoms with Gasteiger partial charge in [-0.2, -0.15) is 65.9 Å². The van der Waals surface area contributed by atoms with Crippen molar-refractivity contribution in [3.05, 3.63) is 11.4 Å². The quantitative estimate of drug-likeness (QED) is 0.413. The van der Waals surface area contributed by atoms with Crippen LogP contribution in [0.2, 0.25) is 0 Å². The van der Waals surface area contributed by atoms with Crippen LogP contribution in [-0.2, 0) is 0 Å². The molecule has 0 unspecified atom stereocenters. The maximum atomic E-state index is 13.8. The monoisotopic (exact) mass is 446 g/mol. The second-order valence-corrected chi connectivity index (χ2v) is 4.96. The lowest BCUT2D eigenvalue weighted by Crippen LogP contribution is -2.63. The molecular formula is C10H3F17. The molecule has 0 aromatic heterocycles. The van der Waals surface area contributed by atoms with Crippen LogP contribution in [0.25, 0.3) is 0 Å². The van der Waals surface area contributed by atoms with Crippen LogP contribution in [0.3, 0.4) is 0 Å². The first-order valence-electron chi connectivity index (χ1n) is 5.71. The van der Waals surface area contributed by atoms with Crippen LogP contribution in [0.4, 0.5) is 74.6 Å². The zero-order valence-corrected chi connectivity index (χ0v) is 11.9. The minimum absolute atomic E-state index is 1.68. The third-order valence-corrected chi connectivity index (χ3v) is 3.23. The molecule has 0 rings (SSSR count). The summed E-state index contributed by atoms with van der Waals surface area (Å²) < 4.78 is 215. The maximum absolute atomic E-state index is 13.8. The molecule has 0 bridgehead atoms. The fourth-order valence-electron chi connectivity index (χ4n) is 1.75. The van der Waals surface area contributed by atoms with Gasteiger partial charge >= 0.3 is 36.6 Å². The van der Waals surface area contributed by atoms with Crippen molar-refractivity contribution in [3.8, 4) is 0 Å². The Morgan fingerprint density at radius 2 is 0.741 bits per heavy atom. The van der Waals surface area contributed by atoms with Crippen LogP contribution in [0.1, 0.15) is 6.92 Å². The largest absolute Gasteiger partial charge is 0.443 e. The summed E-state index contributed by atoms with van der Waals surface area (Å²) in [5, 5.41) is 0. The average Bonchev–Trinajstić information content (AvgIpc) is 2.31. The Bertz CT molecular complexity index is 505. The zero-order chi connectivity index (χ0) is 22.7. The fraction of sp³-hybridized carbons (Fsp3) is 0.800. The van der Waals surface area contributed by atoms with Crippen LogP contribution in [0.5, 0.6) is 0 Å². The first kappa shape index (κ1) is 25.6. The molecule has 0 saturated heterocycles. The van der Waals surface area contributed by atoms with Crippen LogP contribution in [0.15, 0.2) is 11.4 Å². The van der Waals surface area contributed by atoms with Gasteiger partial charge in [0.1, 0.15) is 0 Å². The van der Waals surface area contributed by atoms with Gasteiger partial charge in [0.25, 0.3) is 0 Å². The van der Waals surface area contributed by atoms with E-state index in [0.717, 1.165) is 0 Å². The summed E-state index contributed by atoms with van der Waals surface area (Å²) in [5.74, 6) is -5.18. The molecule has 0 amide bonds. The lowest BCUT2D eigenvalue weighted by molar-refractivity contribution is -0.362. The molecule has 0 atom stereocenters. The first-order valence-corrected chi connectivity index (χ1v) is 5.71. The van der Waals surface area contributed by atoms with Crippen molar-refractivity contribution in [2.45, 2.75) is 43.5 Å². The molecule has 0 aliphatic rings. The number of halogens is 17. The predicted molar refractivity (Wildman–Crippen MR) is 50.4 cm³/mol. The predicted octanol–water partition coefficient (Wildman–Crippen LogP) is 6.74. The van der Waals surface area contributed by atoms with Crippen molar-refractivity contribution in [2.75, 3.05) is 0 Å². The van der Waals surface area contributed by atoms with Crippen LogP contribution in [0, 0.1) is 5.41 Å². The number of rotatable bonds is 2. The molecule has 17 heteroatoms. The number of allylic oxidation sites excluding steroid dienone is 2. The van der Waals surface area contributed by atoms with E-state index < -0.39 is 60.3 Å². The van der Waals surface area contributed by atoms with E-state index in [4.69, 9.17) is 0 Å². The molecule has 0 aromatic carbocycles. The fourth-order valence-corrected chi connectivity index (χ4v) is 1.75. The second-order valence-electron chi connectivity index (χ2n) is 4.96. The van der Waals surface area contributed by atoms with Crippen molar-refractivity contribution in [2.24, 2.45) is 5.41 Å². The van der Waals surface area contributed by atoms with Gasteiger partial charge in [-0.1, -0.05) is 0 Å². The maximum Gasteiger partial charge on any atom is 0.443 e. The molecule has 0 aromatic rings. The Kier molecular flexibility index (Phi) is 5.95. The molecule has 0 spiro atoms. The van der Waals surface area contributed by atoms with Crippen molar-refractivity contribution in [3.63, 3.8) is 0 Å². The standard InChI is InChI=1S/C10H3F17/c1-4(7(16,17)18,8(19,20)21)2(3(11)6(13,14)15)5(12,9(22,23)24)10(25,26)27/h1H3/b3-2+. The molecule has 162 valence electrons. The van der Waals surface area contributed by atoms with Gasteiger partial charge < -0.3 is 0 Å². The first-order chi connectivity index (χ1) is 11.3. The van der Waals surface area contributed by atoms with Crippen molar-refractivity contribution in [1.82, 2.24) is 0 Å². The molecule has 0 heterocycles. The van der Waals surface area contributed by atoms with E-state index in [1.54, 1.807) is 0 Å². The normalized spacial score (nSPS) is 17.1. The zero-order valence-electron chi connectivity index (χ0n) is 11.9. The molecule has 0 aliphatic carbocycles. The van der Waals surface area contributed by atoms with Gasteiger partial charge in [0.2, 0.25) is 5.83 Å². The number of hydrogen-bond donors (Lipinski definition) is 0. The highest BCUT2D eigenvalue weighted by Gasteiger charge is 2.85. The molecule has 0 nitrogen and oxygen atoms in total. The average molecular weight is 446 g/mol. The molecule has 0 aliphatic heterocycles. The Morgan fingerprint density at radius 3 is 0.889 bits per heavy atom. The van der Waals surface area contributed by atoms with Gasteiger partial charge in [-0.3, -0.25) is 0 Å². The van der Waals surface area contributed by atoms with Gasteiger partial charge in [-0.05, 0) is 6.92 Å². The SMILES string of the molecule is CC(/C(=C(\F)C(F)(F)F)C(F)(C(F)(F)F)C(F)(F)F)(C(F)(F)F)C(F)(F)F. The Hall–Kier alpha value is -1.45. The third kappa shape index (κ3) is 3.90. The molecule has 0 saturated carbocycles. The van der Waals surface area contributed by atoms with Crippen LogP contribution < -0.4 is 0 Å². The highest BCUT2D eigenvalue weighted by Crippen LogP contribution is 2.65. The topological polar surface area (TPSA) is 0 Å². The van der Waals surface area contributed by atoms with E-state index >= 15 is 0 Å². The highest BCUT2D eigenvalue weighted by atomic mass is 19.4. The summed E-state index contributed by atoms with van der Waals surface area (Å²) in [7, 11) is 0. The summed E-state index contributed by atoms with van der Waals surface area (Å²) in [6, 6.07) is 0. The van der Waals surface area contributed by atoms with E-state index in [1.807, 2.05) is 0 Å². The molecule has 27 heavy (non-hydrogen) atoms. The minimum Gasteiger partial charge on any atom is -0.218 e. The summed E-state index contributed by atoms with van der Waals surface area (Å²) in [4.78, 5) is 0. The van der Waals surface area contributed by atoms with Gasteiger partial charge in [0, 0.05) is 0 Å². The summed E-state index contributed by atoms with van der Waals surface area (Å²) in [6.45, 7) is -1.68. The van der Waals surface area contributed by atoms with E-state index in [2.05, 4.69) is 0 Å². The van der Waals surface area contributed by atoms with Crippen LogP contribution in [-0.4, -0.2) is 36.6 Å². The lowest BCUT2D eigenvalue weighted by atomic mass is 9.71. The van der Waals surface area contributed by atoms with E-state index in [1.165, 1.54) is 0 Å². The third-order valence-electron chi connectivity index (χ3n) is 3.23. The summed E-state index contributed by atoms with van der Waals surface area (Å²) in [5.41, 5.74) is -20.1. The van der Waals surface area contributed by atoms with Crippen molar-refractivity contribution >= 4 is 0 Å². The van der Waals surface area contributed by atoms with Crippen molar-refractivity contribution < 1.29 is 74.6 Å². The molecular weight excluding hydrogens is 443 g/mol. The van der Waals surface area contributed by atoms with Crippen molar-refractivity contribution in [1.29, 1.82) is 0 Å². The Morgan fingerprint density at radius 1 is 0.481 bits per heavy atom. The van der Waals surface area contributed by atoms with Crippen LogP contribution >= 0.6 is 0 Å². The van der Waals surface area contributed by atoms with E-state index in [-0.39, 0.29) is 0 Å². The smallest absolute Gasteiger partial charge is 0.218 e. The Labute approximate surface area is 136 Å². The Balaban J connectivity index is 7.82. The van der Waals surface area contributed by atoms with E-state index in [9.17, 15) is 74.6 Å². The van der Waals surface area contributed by atoms with Gasteiger partial charge in [0.15, 0.2) is 5.41 Å². The summed E-state index contributed by atoms with van der Waals surface area (Å²) in [6.07, 6.45) is -38.0.